The highest BCUT2D eigenvalue weighted by Crippen LogP contribution is 2.21. The summed E-state index contributed by atoms with van der Waals surface area (Å²) in [5.41, 5.74) is 1.86. The van der Waals surface area contributed by atoms with Crippen LogP contribution in [0.1, 0.15) is 24.1 Å². The van der Waals surface area contributed by atoms with E-state index in [1.54, 1.807) is 24.3 Å². The minimum Gasteiger partial charge on any atom is -0.349 e. The van der Waals surface area contributed by atoms with Crippen molar-refractivity contribution in [3.63, 3.8) is 0 Å². The number of hydrogen-bond donors (Lipinski definition) is 1. The van der Waals surface area contributed by atoms with Crippen LogP contribution < -0.4 is 5.32 Å². The molecule has 1 N–H and O–H groups in total. The maximum absolute atomic E-state index is 12.1. The van der Waals surface area contributed by atoms with Crippen molar-refractivity contribution < 1.29 is 13.2 Å². The molecule has 0 unspecified atom stereocenters. The molecule has 4 nitrogen and oxygen atoms in total. The van der Waals surface area contributed by atoms with Crippen LogP contribution in [-0.4, -0.2) is 26.3 Å². The third-order valence-corrected chi connectivity index (χ3v) is 6.11. The smallest absolute Gasteiger partial charge is 0.230 e. The van der Waals surface area contributed by atoms with Crippen LogP contribution in [0.15, 0.2) is 53.4 Å². The van der Waals surface area contributed by atoms with E-state index in [4.69, 9.17) is 11.6 Å². The molecule has 0 aromatic heterocycles. The number of nitrogens with one attached hydrogen (secondary N) is 1. The summed E-state index contributed by atoms with van der Waals surface area (Å²) in [5.74, 6) is 0.929. The molecule has 2 rings (SSSR count). The molecule has 0 aliphatic heterocycles. The molecule has 0 aliphatic carbocycles. The van der Waals surface area contributed by atoms with E-state index in [1.165, 1.54) is 18.0 Å². The fourth-order valence-corrected chi connectivity index (χ4v) is 3.99. The molecule has 7 heteroatoms. The van der Waals surface area contributed by atoms with Gasteiger partial charge in [0.25, 0.3) is 0 Å². The van der Waals surface area contributed by atoms with Gasteiger partial charge in [-0.3, -0.25) is 4.79 Å². The number of benzene rings is 2. The second-order valence-electron chi connectivity index (χ2n) is 5.71. The van der Waals surface area contributed by atoms with Crippen molar-refractivity contribution in [2.24, 2.45) is 0 Å². The first-order valence-electron chi connectivity index (χ1n) is 7.68. The zero-order valence-electron chi connectivity index (χ0n) is 14.0. The molecule has 0 radical (unpaired) electrons. The second-order valence-corrected chi connectivity index (χ2v) is 9.12. The summed E-state index contributed by atoms with van der Waals surface area (Å²) in [5, 5.41) is 3.62. The molecule has 2 aromatic rings. The molecule has 1 atom stereocenters. The predicted molar refractivity (Wildman–Crippen MR) is 104 cm³/mol. The topological polar surface area (TPSA) is 63.2 Å². The Bertz CT molecular complexity index is 836. The quantitative estimate of drug-likeness (QED) is 0.770. The van der Waals surface area contributed by atoms with Crippen LogP contribution in [0, 0.1) is 0 Å². The summed E-state index contributed by atoms with van der Waals surface area (Å²) in [6.07, 6.45) is 1.17. The molecule has 1 amide bonds. The van der Waals surface area contributed by atoms with E-state index in [2.05, 4.69) is 5.32 Å². The monoisotopic (exact) mass is 397 g/mol. The highest BCUT2D eigenvalue weighted by molar-refractivity contribution is 7.99. The molecule has 2 aromatic carbocycles. The van der Waals surface area contributed by atoms with Crippen molar-refractivity contribution >= 4 is 39.1 Å². The number of amides is 1. The van der Waals surface area contributed by atoms with Gasteiger partial charge in [0.1, 0.15) is 0 Å². The highest BCUT2D eigenvalue weighted by Gasteiger charge is 2.12. The Morgan fingerprint density at radius 2 is 1.80 bits per heavy atom. The van der Waals surface area contributed by atoms with Gasteiger partial charge in [0.15, 0.2) is 9.84 Å². The van der Waals surface area contributed by atoms with Gasteiger partial charge >= 0.3 is 0 Å². The highest BCUT2D eigenvalue weighted by atomic mass is 35.5. The van der Waals surface area contributed by atoms with Gasteiger partial charge in [-0.25, -0.2) is 8.42 Å². The summed E-state index contributed by atoms with van der Waals surface area (Å²) in [7, 11) is -3.21. The third-order valence-electron chi connectivity index (χ3n) is 3.63. The van der Waals surface area contributed by atoms with E-state index in [0.717, 1.165) is 11.1 Å². The normalized spacial score (nSPS) is 12.6. The van der Waals surface area contributed by atoms with E-state index in [9.17, 15) is 13.2 Å². The largest absolute Gasteiger partial charge is 0.349 e. The summed E-state index contributed by atoms with van der Waals surface area (Å²) < 4.78 is 22.9. The van der Waals surface area contributed by atoms with Gasteiger partial charge < -0.3 is 5.32 Å². The lowest BCUT2D eigenvalue weighted by atomic mass is 10.1. The Hall–Kier alpha value is -1.50. The summed E-state index contributed by atoms with van der Waals surface area (Å²) in [6, 6.07) is 13.9. The first kappa shape index (κ1) is 19.8. The molecular weight excluding hydrogens is 378 g/mol. The number of carbonyl (C=O) groups excluding carboxylic acids is 1. The third kappa shape index (κ3) is 6.06. The van der Waals surface area contributed by atoms with Gasteiger partial charge in [0.05, 0.1) is 16.7 Å². The van der Waals surface area contributed by atoms with Gasteiger partial charge in [0, 0.05) is 17.0 Å². The number of sulfone groups is 1. The molecule has 0 saturated carbocycles. The molecule has 0 heterocycles. The Balaban J connectivity index is 1.84. The maximum atomic E-state index is 12.1. The van der Waals surface area contributed by atoms with Crippen LogP contribution in [0.2, 0.25) is 5.02 Å². The lowest BCUT2D eigenvalue weighted by molar-refractivity contribution is -0.119. The lowest BCUT2D eigenvalue weighted by Crippen LogP contribution is -2.28. The van der Waals surface area contributed by atoms with Crippen molar-refractivity contribution in [3.05, 3.63) is 64.7 Å². The van der Waals surface area contributed by atoms with Crippen molar-refractivity contribution in [1.82, 2.24) is 5.32 Å². The maximum Gasteiger partial charge on any atom is 0.230 e. The Kier molecular flexibility index (Phi) is 6.93. The van der Waals surface area contributed by atoms with E-state index < -0.39 is 9.84 Å². The molecule has 0 fully saturated rings. The zero-order valence-corrected chi connectivity index (χ0v) is 16.4. The molecule has 134 valence electrons. The summed E-state index contributed by atoms with van der Waals surface area (Å²) in [6.45, 7) is 1.87. The Morgan fingerprint density at radius 1 is 1.16 bits per heavy atom. The average Bonchev–Trinajstić information content (AvgIpc) is 2.56. The number of hydrogen-bond acceptors (Lipinski definition) is 4. The van der Waals surface area contributed by atoms with Gasteiger partial charge in [-0.2, -0.15) is 0 Å². The summed E-state index contributed by atoms with van der Waals surface area (Å²) >= 11 is 7.59. The predicted octanol–water partition coefficient (Wildman–Crippen LogP) is 3.85. The molecule has 0 aliphatic rings. The number of rotatable bonds is 7. The van der Waals surface area contributed by atoms with Gasteiger partial charge in [-0.1, -0.05) is 41.9 Å². The van der Waals surface area contributed by atoms with Crippen LogP contribution in [0.4, 0.5) is 0 Å². The Morgan fingerprint density at radius 3 is 2.40 bits per heavy atom. The molecule has 0 spiro atoms. The number of carbonyl (C=O) groups is 1. The number of halogens is 1. The van der Waals surface area contributed by atoms with Crippen molar-refractivity contribution in [1.29, 1.82) is 0 Å². The molecule has 0 saturated heterocycles. The number of thioether (sulfide) groups is 1. The van der Waals surface area contributed by atoms with Gasteiger partial charge in [-0.15, -0.1) is 11.8 Å². The first-order chi connectivity index (χ1) is 11.8. The average molecular weight is 398 g/mol. The summed E-state index contributed by atoms with van der Waals surface area (Å²) in [4.78, 5) is 12.3. The van der Waals surface area contributed by atoms with Gasteiger partial charge in [-0.05, 0) is 36.2 Å². The van der Waals surface area contributed by atoms with Crippen LogP contribution >= 0.6 is 23.4 Å². The fourth-order valence-electron chi connectivity index (χ4n) is 2.24. The van der Waals surface area contributed by atoms with E-state index in [-0.39, 0.29) is 16.8 Å². The Labute approximate surface area is 157 Å². The second kappa shape index (κ2) is 8.74. The SMILES string of the molecule is C[C@H](NC(=O)CSCc1ccccc1Cl)c1ccc(S(C)(=O)=O)cc1. The van der Waals surface area contributed by atoms with E-state index in [0.29, 0.717) is 16.5 Å². The minimum absolute atomic E-state index is 0.0725. The first-order valence-corrected chi connectivity index (χ1v) is 11.1. The standard InChI is InChI=1S/C18H20ClNO3S2/c1-13(14-7-9-16(10-8-14)25(2,22)23)20-18(21)12-24-11-15-5-3-4-6-17(15)19/h3-10,13H,11-12H2,1-2H3,(H,20,21)/t13-/m0/s1. The van der Waals surface area contributed by atoms with E-state index in [1.807, 2.05) is 31.2 Å². The van der Waals surface area contributed by atoms with Crippen LogP contribution in [0.3, 0.4) is 0 Å². The zero-order chi connectivity index (χ0) is 18.4. The van der Waals surface area contributed by atoms with E-state index >= 15 is 0 Å². The lowest BCUT2D eigenvalue weighted by Gasteiger charge is -2.14. The van der Waals surface area contributed by atoms with Crippen molar-refractivity contribution in [2.45, 2.75) is 23.6 Å². The fraction of sp³-hybridized carbons (Fsp3) is 0.278. The van der Waals surface area contributed by atoms with Crippen LogP contribution in [0.5, 0.6) is 0 Å². The minimum atomic E-state index is -3.21. The van der Waals surface area contributed by atoms with Gasteiger partial charge in [0.2, 0.25) is 5.91 Å². The van der Waals surface area contributed by atoms with Crippen LogP contribution in [0.25, 0.3) is 0 Å². The van der Waals surface area contributed by atoms with Crippen LogP contribution in [-0.2, 0) is 20.4 Å². The molecule has 25 heavy (non-hydrogen) atoms. The molecule has 0 bridgehead atoms. The van der Waals surface area contributed by atoms with Crippen molar-refractivity contribution in [3.8, 4) is 0 Å². The molecular formula is C18H20ClNO3S2. The van der Waals surface area contributed by atoms with Crippen molar-refractivity contribution in [2.75, 3.05) is 12.0 Å².